The van der Waals surface area contributed by atoms with E-state index in [0.29, 0.717) is 11.1 Å². The summed E-state index contributed by atoms with van der Waals surface area (Å²) in [5.41, 5.74) is 5.50. The summed E-state index contributed by atoms with van der Waals surface area (Å²) in [4.78, 5) is 0. The van der Waals surface area contributed by atoms with Gasteiger partial charge in [-0.25, -0.2) is 4.39 Å². The Morgan fingerprint density at radius 1 is 0.559 bits per heavy atom. The predicted molar refractivity (Wildman–Crippen MR) is 142 cm³/mol. The van der Waals surface area contributed by atoms with Gasteiger partial charge >= 0.3 is 0 Å². The molecule has 0 nitrogen and oxygen atoms in total. The number of hydrogen-bond donors (Lipinski definition) is 0. The molecule has 0 bridgehead atoms. The van der Waals surface area contributed by atoms with Crippen molar-refractivity contribution in [3.8, 4) is 23.7 Å². The number of aryl methyl sites for hydroxylation is 2. The Bertz CT molecular complexity index is 1150. The van der Waals surface area contributed by atoms with Gasteiger partial charge < -0.3 is 0 Å². The first-order valence-electron chi connectivity index (χ1n) is 12.7. The van der Waals surface area contributed by atoms with Gasteiger partial charge in [-0.05, 0) is 72.9 Å². The van der Waals surface area contributed by atoms with Gasteiger partial charge in [-0.3, -0.25) is 0 Å². The number of hydrogen-bond acceptors (Lipinski definition) is 0. The first kappa shape index (κ1) is 25.3. The molecule has 0 spiro atoms. The molecule has 34 heavy (non-hydrogen) atoms. The van der Waals surface area contributed by atoms with Gasteiger partial charge in [0.2, 0.25) is 0 Å². The number of halogens is 1. The molecule has 0 saturated heterocycles. The maximum Gasteiger partial charge on any atom is 0.140 e. The molecule has 0 N–H and O–H groups in total. The van der Waals surface area contributed by atoms with Crippen LogP contribution in [0.2, 0.25) is 0 Å². The molecule has 0 atom stereocenters. The van der Waals surface area contributed by atoms with E-state index < -0.39 is 0 Å². The summed E-state index contributed by atoms with van der Waals surface area (Å²) < 4.78 is 14.5. The number of unbranched alkanes of at least 4 members (excludes halogenated alkanes) is 6. The molecule has 3 aromatic carbocycles. The highest BCUT2D eigenvalue weighted by Gasteiger charge is 2.00. The standard InChI is InChI=1S/C33H35F/c1-3-5-6-7-8-9-10-11-28-16-18-29(19-17-28)20-21-31-23-25-32(33(34)26-31)24-22-30-14-12-27(4-2)13-15-30/h12-19,23,25-26H,3-11H2,1-2H3. The second-order valence-electron chi connectivity index (χ2n) is 8.81. The summed E-state index contributed by atoms with van der Waals surface area (Å²) in [5, 5.41) is 0. The molecule has 0 heterocycles. The van der Waals surface area contributed by atoms with E-state index in [-0.39, 0.29) is 5.82 Å². The highest BCUT2D eigenvalue weighted by Crippen LogP contribution is 2.13. The van der Waals surface area contributed by atoms with Crippen LogP contribution in [0.5, 0.6) is 0 Å². The third kappa shape index (κ3) is 8.57. The normalized spacial score (nSPS) is 10.2. The van der Waals surface area contributed by atoms with Crippen LogP contribution in [0.3, 0.4) is 0 Å². The van der Waals surface area contributed by atoms with Crippen LogP contribution in [0, 0.1) is 29.5 Å². The zero-order valence-corrected chi connectivity index (χ0v) is 20.6. The zero-order chi connectivity index (χ0) is 24.0. The van der Waals surface area contributed by atoms with Crippen molar-refractivity contribution in [1.82, 2.24) is 0 Å². The van der Waals surface area contributed by atoms with Crippen molar-refractivity contribution in [2.24, 2.45) is 0 Å². The van der Waals surface area contributed by atoms with Gasteiger partial charge in [0.1, 0.15) is 5.82 Å². The Labute approximate surface area is 205 Å². The molecule has 0 aromatic heterocycles. The minimum absolute atomic E-state index is 0.338. The third-order valence-electron chi connectivity index (χ3n) is 6.05. The maximum atomic E-state index is 14.5. The van der Waals surface area contributed by atoms with Gasteiger partial charge in [0.15, 0.2) is 0 Å². The average Bonchev–Trinajstić information content (AvgIpc) is 2.87. The summed E-state index contributed by atoms with van der Waals surface area (Å²) >= 11 is 0. The molecule has 0 amide bonds. The van der Waals surface area contributed by atoms with E-state index in [0.717, 1.165) is 24.0 Å². The van der Waals surface area contributed by atoms with E-state index in [4.69, 9.17) is 0 Å². The fraction of sp³-hybridized carbons (Fsp3) is 0.333. The van der Waals surface area contributed by atoms with E-state index in [1.165, 1.54) is 62.1 Å². The number of benzene rings is 3. The topological polar surface area (TPSA) is 0 Å². The minimum atomic E-state index is -0.338. The van der Waals surface area contributed by atoms with Crippen molar-refractivity contribution in [2.75, 3.05) is 0 Å². The van der Waals surface area contributed by atoms with Crippen LogP contribution in [-0.2, 0) is 12.8 Å². The van der Waals surface area contributed by atoms with Gasteiger partial charge in [0, 0.05) is 16.7 Å². The first-order chi connectivity index (χ1) is 16.7. The molecule has 0 saturated carbocycles. The summed E-state index contributed by atoms with van der Waals surface area (Å²) in [5.74, 6) is 11.9. The summed E-state index contributed by atoms with van der Waals surface area (Å²) in [6.07, 6.45) is 11.4. The summed E-state index contributed by atoms with van der Waals surface area (Å²) in [6.45, 7) is 4.38. The van der Waals surface area contributed by atoms with E-state index in [9.17, 15) is 4.39 Å². The van der Waals surface area contributed by atoms with E-state index in [1.54, 1.807) is 6.07 Å². The van der Waals surface area contributed by atoms with Crippen LogP contribution < -0.4 is 0 Å². The van der Waals surface area contributed by atoms with Crippen molar-refractivity contribution in [1.29, 1.82) is 0 Å². The van der Waals surface area contributed by atoms with Crippen LogP contribution >= 0.6 is 0 Å². The van der Waals surface area contributed by atoms with Crippen LogP contribution in [-0.4, -0.2) is 0 Å². The fourth-order valence-corrected chi connectivity index (χ4v) is 3.84. The lowest BCUT2D eigenvalue weighted by Crippen LogP contribution is -1.88. The van der Waals surface area contributed by atoms with Crippen molar-refractivity contribution >= 4 is 0 Å². The quantitative estimate of drug-likeness (QED) is 0.226. The molecule has 0 aliphatic heterocycles. The molecule has 0 unspecified atom stereocenters. The molecule has 3 rings (SSSR count). The van der Waals surface area contributed by atoms with Crippen LogP contribution in [0.15, 0.2) is 66.7 Å². The second kappa shape index (κ2) is 14.1. The molecular weight excluding hydrogens is 415 g/mol. The van der Waals surface area contributed by atoms with Crippen molar-refractivity contribution in [2.45, 2.75) is 71.6 Å². The lowest BCUT2D eigenvalue weighted by atomic mass is 10.0. The zero-order valence-electron chi connectivity index (χ0n) is 20.6. The van der Waals surface area contributed by atoms with Crippen LogP contribution in [0.4, 0.5) is 4.39 Å². The van der Waals surface area contributed by atoms with Crippen LogP contribution in [0.1, 0.15) is 92.2 Å². The Balaban J connectivity index is 1.52. The maximum absolute atomic E-state index is 14.5. The Kier molecular flexibility index (Phi) is 10.5. The van der Waals surface area contributed by atoms with Crippen molar-refractivity contribution in [3.63, 3.8) is 0 Å². The second-order valence-corrected chi connectivity index (χ2v) is 8.81. The van der Waals surface area contributed by atoms with E-state index in [2.05, 4.69) is 73.9 Å². The first-order valence-corrected chi connectivity index (χ1v) is 12.7. The molecule has 1 heteroatoms. The van der Waals surface area contributed by atoms with Crippen LogP contribution in [0.25, 0.3) is 0 Å². The van der Waals surface area contributed by atoms with Gasteiger partial charge in [0.05, 0.1) is 5.56 Å². The Morgan fingerprint density at radius 3 is 1.71 bits per heavy atom. The van der Waals surface area contributed by atoms with E-state index >= 15 is 0 Å². The molecule has 0 aliphatic carbocycles. The Morgan fingerprint density at radius 2 is 1.09 bits per heavy atom. The lowest BCUT2D eigenvalue weighted by molar-refractivity contribution is 0.589. The van der Waals surface area contributed by atoms with E-state index in [1.807, 2.05) is 18.2 Å². The van der Waals surface area contributed by atoms with Gasteiger partial charge in [-0.1, -0.05) is 100 Å². The fourth-order valence-electron chi connectivity index (χ4n) is 3.84. The molecule has 174 valence electrons. The molecule has 0 radical (unpaired) electrons. The third-order valence-corrected chi connectivity index (χ3v) is 6.05. The van der Waals surface area contributed by atoms with Crippen molar-refractivity contribution < 1.29 is 4.39 Å². The average molecular weight is 451 g/mol. The van der Waals surface area contributed by atoms with Gasteiger partial charge in [-0.2, -0.15) is 0 Å². The number of rotatable bonds is 9. The lowest BCUT2D eigenvalue weighted by Gasteiger charge is -2.02. The highest BCUT2D eigenvalue weighted by molar-refractivity contribution is 5.49. The SMILES string of the molecule is CCCCCCCCCc1ccc(C#Cc2ccc(C#Cc3ccc(CC)cc3)c(F)c2)cc1. The summed E-state index contributed by atoms with van der Waals surface area (Å²) in [6, 6.07) is 21.5. The predicted octanol–water partition coefficient (Wildman–Crippen LogP) is 8.48. The van der Waals surface area contributed by atoms with Gasteiger partial charge in [0.25, 0.3) is 0 Å². The smallest absolute Gasteiger partial charge is 0.140 e. The molecule has 3 aromatic rings. The monoisotopic (exact) mass is 450 g/mol. The molecule has 0 aliphatic rings. The highest BCUT2D eigenvalue weighted by atomic mass is 19.1. The largest absolute Gasteiger partial charge is 0.206 e. The summed E-state index contributed by atoms with van der Waals surface area (Å²) in [7, 11) is 0. The van der Waals surface area contributed by atoms with Gasteiger partial charge in [-0.15, -0.1) is 0 Å². The minimum Gasteiger partial charge on any atom is -0.206 e. The Hall–Kier alpha value is -3.29. The molecule has 0 fully saturated rings. The van der Waals surface area contributed by atoms with Crippen molar-refractivity contribution in [3.05, 3.63) is 106 Å². The molecular formula is C33H35F.